The van der Waals surface area contributed by atoms with Gasteiger partial charge in [-0.2, -0.15) is 0 Å². The number of hydrogen-bond donors (Lipinski definition) is 1. The van der Waals surface area contributed by atoms with Gasteiger partial charge in [-0.1, -0.05) is 36.8 Å². The van der Waals surface area contributed by atoms with Crippen LogP contribution in [0, 0.1) is 6.92 Å². The highest BCUT2D eigenvalue weighted by atomic mass is 32.2. The molecule has 1 N–H and O–H groups in total. The summed E-state index contributed by atoms with van der Waals surface area (Å²) in [5, 5.41) is 0. The van der Waals surface area contributed by atoms with Gasteiger partial charge in [0, 0.05) is 24.7 Å². The van der Waals surface area contributed by atoms with Crippen molar-refractivity contribution in [3.05, 3.63) is 65.2 Å². The first-order chi connectivity index (χ1) is 12.9. The third-order valence-corrected chi connectivity index (χ3v) is 6.58. The molecule has 1 amide bonds. The summed E-state index contributed by atoms with van der Waals surface area (Å²) in [5.41, 5.74) is 2.90. The quantitative estimate of drug-likeness (QED) is 0.858. The monoisotopic (exact) mass is 386 g/mol. The van der Waals surface area contributed by atoms with Gasteiger partial charge < -0.3 is 4.90 Å². The van der Waals surface area contributed by atoms with Gasteiger partial charge in [0.2, 0.25) is 10.0 Å². The molecule has 0 spiro atoms. The molecule has 0 unspecified atom stereocenters. The molecule has 5 nitrogen and oxygen atoms in total. The molecule has 2 aromatic carbocycles. The fourth-order valence-corrected chi connectivity index (χ4v) is 4.58. The molecular weight excluding hydrogens is 360 g/mol. The van der Waals surface area contributed by atoms with Crippen LogP contribution in [0.15, 0.2) is 53.4 Å². The maximum absolute atomic E-state index is 12.6. The molecular formula is C21H26N2O3S. The van der Waals surface area contributed by atoms with Crippen molar-refractivity contribution < 1.29 is 13.2 Å². The van der Waals surface area contributed by atoms with Gasteiger partial charge in [0.15, 0.2) is 0 Å². The van der Waals surface area contributed by atoms with Crippen LogP contribution in [0.4, 0.5) is 0 Å². The lowest BCUT2D eigenvalue weighted by atomic mass is 10.0. The molecule has 1 heterocycles. The molecule has 1 fully saturated rings. The Kier molecular flexibility index (Phi) is 5.97. The minimum absolute atomic E-state index is 0.00598. The minimum Gasteiger partial charge on any atom is -0.339 e. The van der Waals surface area contributed by atoms with E-state index < -0.39 is 10.0 Å². The zero-order valence-corrected chi connectivity index (χ0v) is 16.6. The van der Waals surface area contributed by atoms with Crippen LogP contribution in [-0.2, 0) is 16.4 Å². The molecule has 1 saturated heterocycles. The number of rotatable bonds is 5. The fraction of sp³-hybridized carbons (Fsp3) is 0.381. The van der Waals surface area contributed by atoms with Gasteiger partial charge in [0.05, 0.1) is 4.90 Å². The second-order valence-corrected chi connectivity index (χ2v) is 8.77. The standard InChI is InChI=1S/C21H26N2O3S/c1-3-17-6-10-20(11-7-17)27(25,26)22-19-12-14-23(15-13-19)21(24)18-8-4-16(2)5-9-18/h4-11,19,22H,3,12-15H2,1-2H3. The highest BCUT2D eigenvalue weighted by Gasteiger charge is 2.27. The van der Waals surface area contributed by atoms with Crippen molar-refractivity contribution in [2.75, 3.05) is 13.1 Å². The fourth-order valence-electron chi connectivity index (χ4n) is 3.27. The summed E-state index contributed by atoms with van der Waals surface area (Å²) in [6.45, 7) is 5.12. The van der Waals surface area contributed by atoms with Crippen LogP contribution in [0.5, 0.6) is 0 Å². The number of likely N-dealkylation sites (tertiary alicyclic amines) is 1. The van der Waals surface area contributed by atoms with Gasteiger partial charge in [-0.3, -0.25) is 4.79 Å². The van der Waals surface area contributed by atoms with Crippen LogP contribution in [0.1, 0.15) is 41.3 Å². The number of carbonyl (C=O) groups is 1. The number of sulfonamides is 1. The van der Waals surface area contributed by atoms with Gasteiger partial charge in [-0.05, 0) is 56.0 Å². The van der Waals surface area contributed by atoms with Gasteiger partial charge in [0.25, 0.3) is 5.91 Å². The third kappa shape index (κ3) is 4.76. The zero-order valence-electron chi connectivity index (χ0n) is 15.8. The van der Waals surface area contributed by atoms with Crippen molar-refractivity contribution in [3.8, 4) is 0 Å². The van der Waals surface area contributed by atoms with Crippen LogP contribution in [0.2, 0.25) is 0 Å². The summed E-state index contributed by atoms with van der Waals surface area (Å²) in [6.07, 6.45) is 2.11. The molecule has 0 atom stereocenters. The number of amides is 1. The highest BCUT2D eigenvalue weighted by Crippen LogP contribution is 2.18. The summed E-state index contributed by atoms with van der Waals surface area (Å²) >= 11 is 0. The van der Waals surface area contributed by atoms with Gasteiger partial charge in [0.1, 0.15) is 0 Å². The lowest BCUT2D eigenvalue weighted by Crippen LogP contribution is -2.46. The van der Waals surface area contributed by atoms with Gasteiger partial charge in [-0.25, -0.2) is 13.1 Å². The van der Waals surface area contributed by atoms with E-state index in [1.54, 1.807) is 17.0 Å². The molecule has 144 valence electrons. The van der Waals surface area contributed by atoms with Crippen molar-refractivity contribution in [3.63, 3.8) is 0 Å². The molecule has 0 radical (unpaired) electrons. The molecule has 1 aliphatic rings. The number of nitrogens with zero attached hydrogens (tertiary/aromatic N) is 1. The maximum Gasteiger partial charge on any atom is 0.253 e. The Morgan fingerprint density at radius 1 is 1.04 bits per heavy atom. The molecule has 27 heavy (non-hydrogen) atoms. The van der Waals surface area contributed by atoms with Crippen LogP contribution in [0.3, 0.4) is 0 Å². The molecule has 3 rings (SSSR count). The van der Waals surface area contributed by atoms with Crippen LogP contribution < -0.4 is 4.72 Å². The van der Waals surface area contributed by atoms with Gasteiger partial charge >= 0.3 is 0 Å². The first kappa shape index (κ1) is 19.6. The number of benzene rings is 2. The normalized spacial score (nSPS) is 15.7. The molecule has 0 aliphatic carbocycles. The molecule has 1 aliphatic heterocycles. The third-order valence-electron chi connectivity index (χ3n) is 5.04. The zero-order chi connectivity index (χ0) is 19.4. The number of carbonyl (C=O) groups excluding carboxylic acids is 1. The van der Waals surface area contributed by atoms with Gasteiger partial charge in [-0.15, -0.1) is 0 Å². The summed E-state index contributed by atoms with van der Waals surface area (Å²) in [7, 11) is -3.53. The van der Waals surface area contributed by atoms with Crippen molar-refractivity contribution >= 4 is 15.9 Å². The van der Waals surface area contributed by atoms with Crippen LogP contribution in [-0.4, -0.2) is 38.4 Å². The topological polar surface area (TPSA) is 66.5 Å². The largest absolute Gasteiger partial charge is 0.339 e. The van der Waals surface area contributed by atoms with Crippen molar-refractivity contribution in [1.82, 2.24) is 9.62 Å². The van der Waals surface area contributed by atoms with E-state index >= 15 is 0 Å². The first-order valence-corrected chi connectivity index (χ1v) is 10.8. The number of hydrogen-bond acceptors (Lipinski definition) is 3. The first-order valence-electron chi connectivity index (χ1n) is 9.36. The highest BCUT2D eigenvalue weighted by molar-refractivity contribution is 7.89. The summed E-state index contributed by atoms with van der Waals surface area (Å²) < 4.78 is 27.9. The molecule has 0 aromatic heterocycles. The Morgan fingerprint density at radius 2 is 1.63 bits per heavy atom. The van der Waals surface area contributed by atoms with E-state index in [1.807, 2.05) is 50.2 Å². The van der Waals surface area contributed by atoms with Crippen molar-refractivity contribution in [1.29, 1.82) is 0 Å². The van der Waals surface area contributed by atoms with Crippen molar-refractivity contribution in [2.45, 2.75) is 44.0 Å². The molecule has 2 aromatic rings. The van der Waals surface area contributed by atoms with E-state index in [0.29, 0.717) is 31.5 Å². The predicted molar refractivity (Wildman–Crippen MR) is 106 cm³/mol. The van der Waals surface area contributed by atoms with E-state index in [9.17, 15) is 13.2 Å². The second kappa shape index (κ2) is 8.23. The van der Waals surface area contributed by atoms with E-state index in [-0.39, 0.29) is 16.8 Å². The maximum atomic E-state index is 12.6. The molecule has 0 saturated carbocycles. The summed E-state index contributed by atoms with van der Waals surface area (Å²) in [5.74, 6) is 0.00598. The smallest absolute Gasteiger partial charge is 0.253 e. The Balaban J connectivity index is 1.58. The van der Waals surface area contributed by atoms with Crippen LogP contribution >= 0.6 is 0 Å². The minimum atomic E-state index is -3.53. The van der Waals surface area contributed by atoms with E-state index in [0.717, 1.165) is 17.5 Å². The average molecular weight is 387 g/mol. The van der Waals surface area contributed by atoms with E-state index in [1.165, 1.54) is 0 Å². The Bertz CT molecular complexity index is 882. The Labute approximate surface area is 161 Å². The number of aryl methyl sites for hydroxylation is 2. The Morgan fingerprint density at radius 3 is 2.19 bits per heavy atom. The van der Waals surface area contributed by atoms with Crippen molar-refractivity contribution in [2.24, 2.45) is 0 Å². The lowest BCUT2D eigenvalue weighted by molar-refractivity contribution is 0.0711. The summed E-state index contributed by atoms with van der Waals surface area (Å²) in [6, 6.07) is 14.4. The van der Waals surface area contributed by atoms with E-state index in [4.69, 9.17) is 0 Å². The average Bonchev–Trinajstić information content (AvgIpc) is 2.68. The van der Waals surface area contributed by atoms with E-state index in [2.05, 4.69) is 4.72 Å². The number of piperidine rings is 1. The second-order valence-electron chi connectivity index (χ2n) is 7.05. The SMILES string of the molecule is CCc1ccc(S(=O)(=O)NC2CCN(C(=O)c3ccc(C)cc3)CC2)cc1. The number of nitrogens with one attached hydrogen (secondary N) is 1. The predicted octanol–water partition coefficient (Wildman–Crippen LogP) is 3.14. The summed E-state index contributed by atoms with van der Waals surface area (Å²) in [4.78, 5) is 14.7. The van der Waals surface area contributed by atoms with Crippen LogP contribution in [0.25, 0.3) is 0 Å². The Hall–Kier alpha value is -2.18. The molecule has 6 heteroatoms. The lowest BCUT2D eigenvalue weighted by Gasteiger charge is -2.32. The molecule has 0 bridgehead atoms.